The largest absolute Gasteiger partial charge is 0.296 e. The average Bonchev–Trinajstić information content (AvgIpc) is 2.91. The number of carbonyl (C=O) groups excluding carboxylic acids is 1. The van der Waals surface area contributed by atoms with Gasteiger partial charge in [0.2, 0.25) is 15.2 Å². The summed E-state index contributed by atoms with van der Waals surface area (Å²) in [5, 5.41) is 10.1. The highest BCUT2D eigenvalue weighted by Crippen LogP contribution is 2.14. The van der Waals surface area contributed by atoms with Crippen molar-refractivity contribution in [3.8, 4) is 0 Å². The summed E-state index contributed by atoms with van der Waals surface area (Å²) >= 11 is 1.18. The Bertz CT molecular complexity index is 683. The number of aromatic nitrogens is 2. The van der Waals surface area contributed by atoms with Gasteiger partial charge in [-0.2, -0.15) is 0 Å². The van der Waals surface area contributed by atoms with Crippen LogP contribution in [0, 0.1) is 0 Å². The van der Waals surface area contributed by atoms with E-state index in [1.807, 2.05) is 0 Å². The Kier molecular flexibility index (Phi) is 3.88. The number of hydrogen-bond donors (Lipinski definition) is 2. The Labute approximate surface area is 113 Å². The Morgan fingerprint density at radius 2 is 2.16 bits per heavy atom. The molecule has 1 aromatic heterocycles. The van der Waals surface area contributed by atoms with Crippen molar-refractivity contribution in [3.63, 3.8) is 0 Å². The highest BCUT2D eigenvalue weighted by Gasteiger charge is 2.14. The average molecular weight is 298 g/mol. The van der Waals surface area contributed by atoms with Crippen molar-refractivity contribution in [1.29, 1.82) is 0 Å². The number of rotatable bonds is 4. The van der Waals surface area contributed by atoms with Gasteiger partial charge in [-0.05, 0) is 25.2 Å². The van der Waals surface area contributed by atoms with Gasteiger partial charge >= 0.3 is 0 Å². The highest BCUT2D eigenvalue weighted by atomic mass is 32.2. The van der Waals surface area contributed by atoms with E-state index in [9.17, 15) is 13.2 Å². The molecule has 0 saturated heterocycles. The summed E-state index contributed by atoms with van der Waals surface area (Å²) in [7, 11) is -2.26. The second-order valence-corrected chi connectivity index (χ2v) is 6.15. The number of anilines is 1. The van der Waals surface area contributed by atoms with Crippen molar-refractivity contribution in [1.82, 2.24) is 14.9 Å². The molecule has 1 amide bonds. The Morgan fingerprint density at radius 1 is 1.37 bits per heavy atom. The van der Waals surface area contributed by atoms with E-state index in [0.717, 1.165) is 0 Å². The molecule has 0 atom stereocenters. The van der Waals surface area contributed by atoms with Crippen LogP contribution in [0.15, 0.2) is 34.7 Å². The van der Waals surface area contributed by atoms with Crippen LogP contribution in [0.4, 0.5) is 5.13 Å². The lowest BCUT2D eigenvalue weighted by atomic mass is 10.2. The maximum Gasteiger partial charge on any atom is 0.257 e. The van der Waals surface area contributed by atoms with Gasteiger partial charge < -0.3 is 0 Å². The number of carbonyl (C=O) groups is 1. The molecule has 2 rings (SSSR count). The van der Waals surface area contributed by atoms with Crippen LogP contribution in [0.1, 0.15) is 10.4 Å². The van der Waals surface area contributed by atoms with E-state index in [4.69, 9.17) is 0 Å². The van der Waals surface area contributed by atoms with E-state index < -0.39 is 15.9 Å². The predicted octanol–water partition coefficient (Wildman–Crippen LogP) is 0.698. The number of sulfonamides is 1. The first-order chi connectivity index (χ1) is 9.03. The van der Waals surface area contributed by atoms with Crippen LogP contribution >= 0.6 is 11.3 Å². The molecule has 2 aromatic rings. The zero-order valence-electron chi connectivity index (χ0n) is 9.82. The minimum absolute atomic E-state index is 0.0277. The molecule has 0 unspecified atom stereocenters. The van der Waals surface area contributed by atoms with Gasteiger partial charge in [0.05, 0.1) is 4.90 Å². The topological polar surface area (TPSA) is 101 Å². The van der Waals surface area contributed by atoms with Crippen LogP contribution in [0.2, 0.25) is 0 Å². The third kappa shape index (κ3) is 3.13. The van der Waals surface area contributed by atoms with E-state index in [0.29, 0.717) is 5.13 Å². The fourth-order valence-corrected chi connectivity index (χ4v) is 2.53. The third-order valence-corrected chi connectivity index (χ3v) is 4.27. The summed E-state index contributed by atoms with van der Waals surface area (Å²) in [5.74, 6) is -0.440. The summed E-state index contributed by atoms with van der Waals surface area (Å²) in [6, 6.07) is 5.72. The molecule has 0 bridgehead atoms. The molecular weight excluding hydrogens is 288 g/mol. The van der Waals surface area contributed by atoms with E-state index >= 15 is 0 Å². The molecule has 1 heterocycles. The molecule has 0 spiro atoms. The number of nitrogens with zero attached hydrogens (tertiary/aromatic N) is 2. The monoisotopic (exact) mass is 298 g/mol. The zero-order valence-corrected chi connectivity index (χ0v) is 11.5. The Morgan fingerprint density at radius 3 is 2.79 bits per heavy atom. The molecule has 7 nitrogen and oxygen atoms in total. The molecule has 0 aliphatic carbocycles. The van der Waals surface area contributed by atoms with Crippen LogP contribution in [-0.4, -0.2) is 31.6 Å². The molecule has 1 aromatic carbocycles. The number of hydrogen-bond acceptors (Lipinski definition) is 6. The second-order valence-electron chi connectivity index (χ2n) is 3.43. The maximum atomic E-state index is 11.9. The maximum absolute atomic E-state index is 11.9. The van der Waals surface area contributed by atoms with Gasteiger partial charge in [0.25, 0.3) is 5.91 Å². The molecule has 2 N–H and O–H groups in total. The molecule has 0 aliphatic heterocycles. The highest BCUT2D eigenvalue weighted by molar-refractivity contribution is 7.89. The van der Waals surface area contributed by atoms with Crippen molar-refractivity contribution in [3.05, 3.63) is 35.3 Å². The molecule has 100 valence electrons. The van der Waals surface area contributed by atoms with Crippen molar-refractivity contribution in [2.45, 2.75) is 4.90 Å². The Balaban J connectivity index is 2.26. The predicted molar refractivity (Wildman–Crippen MR) is 70.5 cm³/mol. The van der Waals surface area contributed by atoms with Gasteiger partial charge in [-0.1, -0.05) is 17.4 Å². The first-order valence-electron chi connectivity index (χ1n) is 5.14. The van der Waals surface area contributed by atoms with E-state index in [1.165, 1.54) is 48.2 Å². The lowest BCUT2D eigenvalue weighted by Crippen LogP contribution is -2.19. The van der Waals surface area contributed by atoms with Crippen molar-refractivity contribution >= 4 is 32.4 Å². The summed E-state index contributed by atoms with van der Waals surface area (Å²) in [5.41, 5.74) is 1.71. The van der Waals surface area contributed by atoms with Gasteiger partial charge in [-0.3, -0.25) is 10.1 Å². The van der Waals surface area contributed by atoms with Gasteiger partial charge in [0.1, 0.15) is 5.51 Å². The molecular formula is C10H10N4O3S2. The van der Waals surface area contributed by atoms with Crippen LogP contribution in [0.5, 0.6) is 0 Å². The van der Waals surface area contributed by atoms with Gasteiger partial charge in [0.15, 0.2) is 0 Å². The summed E-state index contributed by atoms with van der Waals surface area (Å²) in [4.78, 5) is 11.9. The third-order valence-electron chi connectivity index (χ3n) is 2.26. The lowest BCUT2D eigenvalue weighted by molar-refractivity contribution is 0.102. The number of benzene rings is 1. The summed E-state index contributed by atoms with van der Waals surface area (Å²) in [6.07, 6.45) is 0. The first kappa shape index (κ1) is 13.6. The fraction of sp³-hybridized carbons (Fsp3) is 0.100. The SMILES string of the molecule is CNS(=O)(=O)c1cccc(C(=O)Nc2nncs2)c1. The van der Waals surface area contributed by atoms with Gasteiger partial charge in [-0.15, -0.1) is 10.2 Å². The normalized spacial score (nSPS) is 11.2. The fourth-order valence-electron chi connectivity index (χ4n) is 1.32. The molecule has 0 saturated carbocycles. The van der Waals surface area contributed by atoms with Crippen LogP contribution in [0.3, 0.4) is 0 Å². The lowest BCUT2D eigenvalue weighted by Gasteiger charge is -2.05. The zero-order chi connectivity index (χ0) is 13.9. The quantitative estimate of drug-likeness (QED) is 0.865. The Hall–Kier alpha value is -1.84. The van der Waals surface area contributed by atoms with Gasteiger partial charge in [-0.25, -0.2) is 13.1 Å². The molecule has 19 heavy (non-hydrogen) atoms. The van der Waals surface area contributed by atoms with E-state index in [2.05, 4.69) is 20.2 Å². The minimum Gasteiger partial charge on any atom is -0.296 e. The van der Waals surface area contributed by atoms with E-state index in [-0.39, 0.29) is 10.5 Å². The number of amides is 1. The van der Waals surface area contributed by atoms with Crippen molar-refractivity contribution in [2.24, 2.45) is 0 Å². The van der Waals surface area contributed by atoms with Gasteiger partial charge in [0, 0.05) is 5.56 Å². The summed E-state index contributed by atoms with van der Waals surface area (Å²) in [6.45, 7) is 0. The molecule has 9 heteroatoms. The molecule has 0 aliphatic rings. The summed E-state index contributed by atoms with van der Waals surface area (Å²) < 4.78 is 25.4. The van der Waals surface area contributed by atoms with Crippen molar-refractivity contribution < 1.29 is 13.2 Å². The number of nitrogens with one attached hydrogen (secondary N) is 2. The minimum atomic E-state index is -3.57. The molecule has 0 radical (unpaired) electrons. The smallest absolute Gasteiger partial charge is 0.257 e. The van der Waals surface area contributed by atoms with E-state index in [1.54, 1.807) is 0 Å². The van der Waals surface area contributed by atoms with Crippen LogP contribution < -0.4 is 10.0 Å². The standard InChI is InChI=1S/C10H10N4O3S2/c1-11-19(16,17)8-4-2-3-7(5-8)9(15)13-10-14-12-6-18-10/h2-6,11H,1H3,(H,13,14,15). The van der Waals surface area contributed by atoms with Crippen molar-refractivity contribution in [2.75, 3.05) is 12.4 Å². The molecule has 0 fully saturated rings. The second kappa shape index (κ2) is 5.43. The van der Waals surface area contributed by atoms with Crippen LogP contribution in [-0.2, 0) is 10.0 Å². The first-order valence-corrected chi connectivity index (χ1v) is 7.50. The van der Waals surface area contributed by atoms with Crippen LogP contribution in [0.25, 0.3) is 0 Å².